The molecule has 0 radical (unpaired) electrons. The number of aryl methyl sites for hydroxylation is 1. The highest BCUT2D eigenvalue weighted by atomic mass is 16.5. The molecule has 0 fully saturated rings. The van der Waals surface area contributed by atoms with Crippen LogP contribution >= 0.6 is 0 Å². The second kappa shape index (κ2) is 3.17. The van der Waals surface area contributed by atoms with E-state index in [9.17, 15) is 9.59 Å². The van der Waals surface area contributed by atoms with Crippen LogP contribution in [0.2, 0.25) is 0 Å². The van der Waals surface area contributed by atoms with E-state index in [1.54, 1.807) is 6.92 Å². The number of nitrogens with zero attached hydrogens (tertiary/aromatic N) is 1. The Morgan fingerprint density at radius 1 is 1.67 bits per heavy atom. The zero-order chi connectivity index (χ0) is 9.14. The molecule has 5 nitrogen and oxygen atoms in total. The van der Waals surface area contributed by atoms with Crippen molar-refractivity contribution in [2.45, 2.75) is 13.3 Å². The van der Waals surface area contributed by atoms with Crippen molar-refractivity contribution in [3.8, 4) is 0 Å². The van der Waals surface area contributed by atoms with E-state index in [2.05, 4.69) is 9.68 Å². The second-order valence-electron chi connectivity index (χ2n) is 2.33. The number of Topliss-reactive ketones (excluding diaryl/α,β-unsaturated/α-hetero) is 1. The Kier molecular flexibility index (Phi) is 2.23. The first-order valence-electron chi connectivity index (χ1n) is 3.28. The number of carbonyl (C=O) groups excluding carboxylic acids is 1. The Morgan fingerprint density at radius 3 is 2.75 bits per heavy atom. The number of rotatable bonds is 3. The van der Waals surface area contributed by atoms with Gasteiger partial charge in [0.2, 0.25) is 5.78 Å². The van der Waals surface area contributed by atoms with Crippen LogP contribution in [-0.4, -0.2) is 22.0 Å². The molecule has 1 heterocycles. The van der Waals surface area contributed by atoms with Crippen LogP contribution < -0.4 is 0 Å². The first-order chi connectivity index (χ1) is 5.59. The summed E-state index contributed by atoms with van der Waals surface area (Å²) in [6.45, 7) is 1.67. The van der Waals surface area contributed by atoms with Gasteiger partial charge in [0, 0.05) is 6.07 Å². The molecule has 1 N–H and O–H groups in total. The fourth-order valence-electron chi connectivity index (χ4n) is 0.741. The van der Waals surface area contributed by atoms with E-state index in [1.165, 1.54) is 6.07 Å². The number of carboxylic acids is 1. The van der Waals surface area contributed by atoms with Gasteiger partial charge < -0.3 is 9.63 Å². The van der Waals surface area contributed by atoms with Gasteiger partial charge >= 0.3 is 5.97 Å². The maximum atomic E-state index is 10.6. The molecule has 64 valence electrons. The summed E-state index contributed by atoms with van der Waals surface area (Å²) in [4.78, 5) is 20.7. The van der Waals surface area contributed by atoms with Crippen LogP contribution in [0.3, 0.4) is 0 Å². The van der Waals surface area contributed by atoms with Gasteiger partial charge in [0.1, 0.15) is 5.76 Å². The molecule has 0 atom stereocenters. The van der Waals surface area contributed by atoms with Crippen molar-refractivity contribution < 1.29 is 19.2 Å². The summed E-state index contributed by atoms with van der Waals surface area (Å²) in [7, 11) is 0. The third kappa shape index (κ3) is 1.91. The van der Waals surface area contributed by atoms with Crippen molar-refractivity contribution >= 4 is 11.8 Å². The Balaban J connectivity index is 2.64. The minimum absolute atomic E-state index is 0.216. The third-order valence-electron chi connectivity index (χ3n) is 1.26. The van der Waals surface area contributed by atoms with Crippen molar-refractivity contribution in [3.05, 3.63) is 17.5 Å². The van der Waals surface area contributed by atoms with Crippen LogP contribution in [0, 0.1) is 6.92 Å². The molecule has 1 aromatic rings. The molecule has 0 aromatic carbocycles. The SMILES string of the molecule is Cc1cc(CC(=O)C(=O)O)no1. The van der Waals surface area contributed by atoms with Crippen molar-refractivity contribution in [3.63, 3.8) is 0 Å². The molecular formula is C7H7NO4. The van der Waals surface area contributed by atoms with E-state index in [-0.39, 0.29) is 6.42 Å². The van der Waals surface area contributed by atoms with Crippen molar-refractivity contribution in [2.75, 3.05) is 0 Å². The van der Waals surface area contributed by atoms with Crippen LogP contribution in [0.5, 0.6) is 0 Å². The van der Waals surface area contributed by atoms with E-state index >= 15 is 0 Å². The van der Waals surface area contributed by atoms with E-state index in [0.717, 1.165) is 0 Å². The maximum Gasteiger partial charge on any atom is 0.372 e. The van der Waals surface area contributed by atoms with Crippen LogP contribution in [-0.2, 0) is 16.0 Å². The van der Waals surface area contributed by atoms with Gasteiger partial charge in [-0.05, 0) is 6.92 Å². The van der Waals surface area contributed by atoms with Gasteiger partial charge in [-0.2, -0.15) is 0 Å². The van der Waals surface area contributed by atoms with Crippen molar-refractivity contribution in [1.82, 2.24) is 5.16 Å². The first kappa shape index (κ1) is 8.45. The molecule has 0 amide bonds. The molecule has 0 spiro atoms. The Morgan fingerprint density at radius 2 is 2.33 bits per heavy atom. The molecule has 0 saturated heterocycles. The van der Waals surface area contributed by atoms with Gasteiger partial charge in [0.15, 0.2) is 0 Å². The molecule has 12 heavy (non-hydrogen) atoms. The van der Waals surface area contributed by atoms with E-state index in [4.69, 9.17) is 5.11 Å². The van der Waals surface area contributed by atoms with Crippen LogP contribution in [0.1, 0.15) is 11.5 Å². The summed E-state index contributed by atoms with van der Waals surface area (Å²) in [5, 5.41) is 11.7. The quantitative estimate of drug-likeness (QED) is 0.652. The first-order valence-corrected chi connectivity index (χ1v) is 3.28. The molecule has 1 rings (SSSR count). The van der Waals surface area contributed by atoms with Crippen LogP contribution in [0.4, 0.5) is 0 Å². The fraction of sp³-hybridized carbons (Fsp3) is 0.286. The lowest BCUT2D eigenvalue weighted by atomic mass is 10.2. The normalized spacial score (nSPS) is 9.75. The summed E-state index contributed by atoms with van der Waals surface area (Å²) in [5.41, 5.74) is 0.347. The number of hydrogen-bond donors (Lipinski definition) is 1. The number of aliphatic carboxylic acids is 1. The van der Waals surface area contributed by atoms with Crippen LogP contribution in [0.25, 0.3) is 0 Å². The maximum absolute atomic E-state index is 10.6. The zero-order valence-corrected chi connectivity index (χ0v) is 6.40. The number of aromatic nitrogens is 1. The monoisotopic (exact) mass is 169 g/mol. The van der Waals surface area contributed by atoms with Gasteiger partial charge in [-0.3, -0.25) is 4.79 Å². The molecule has 5 heteroatoms. The smallest absolute Gasteiger partial charge is 0.372 e. The molecule has 0 saturated carbocycles. The highest BCUT2D eigenvalue weighted by Crippen LogP contribution is 2.02. The lowest BCUT2D eigenvalue weighted by Gasteiger charge is -1.87. The largest absolute Gasteiger partial charge is 0.475 e. The van der Waals surface area contributed by atoms with Gasteiger partial charge in [-0.25, -0.2) is 4.79 Å². The van der Waals surface area contributed by atoms with Gasteiger partial charge in [0.25, 0.3) is 0 Å². The lowest BCUT2D eigenvalue weighted by Crippen LogP contribution is -2.15. The number of carboxylic acid groups (broad SMARTS) is 1. The average molecular weight is 169 g/mol. The molecule has 0 aliphatic carbocycles. The number of ketones is 1. The highest BCUT2D eigenvalue weighted by molar-refractivity contribution is 6.33. The molecule has 0 bridgehead atoms. The van der Waals surface area contributed by atoms with E-state index in [0.29, 0.717) is 11.5 Å². The second-order valence-corrected chi connectivity index (χ2v) is 2.33. The van der Waals surface area contributed by atoms with Crippen LogP contribution in [0.15, 0.2) is 10.6 Å². The summed E-state index contributed by atoms with van der Waals surface area (Å²) in [6, 6.07) is 1.53. The predicted octanol–water partition coefficient (Wildman–Crippen LogP) is 0.179. The number of carbonyl (C=O) groups is 2. The fourth-order valence-corrected chi connectivity index (χ4v) is 0.741. The number of hydrogen-bond acceptors (Lipinski definition) is 4. The summed E-state index contributed by atoms with van der Waals surface area (Å²) >= 11 is 0. The molecule has 0 unspecified atom stereocenters. The van der Waals surface area contributed by atoms with Gasteiger partial charge in [0.05, 0.1) is 12.1 Å². The van der Waals surface area contributed by atoms with Gasteiger partial charge in [-0.15, -0.1) is 0 Å². The predicted molar refractivity (Wildman–Crippen MR) is 37.6 cm³/mol. The van der Waals surface area contributed by atoms with E-state index in [1.807, 2.05) is 0 Å². The van der Waals surface area contributed by atoms with E-state index < -0.39 is 11.8 Å². The van der Waals surface area contributed by atoms with Gasteiger partial charge in [-0.1, -0.05) is 5.16 Å². The minimum atomic E-state index is -1.45. The van der Waals surface area contributed by atoms with Crippen molar-refractivity contribution in [2.24, 2.45) is 0 Å². The molecule has 1 aromatic heterocycles. The van der Waals surface area contributed by atoms with Crippen molar-refractivity contribution in [1.29, 1.82) is 0 Å². The topological polar surface area (TPSA) is 80.4 Å². The summed E-state index contributed by atoms with van der Waals surface area (Å²) in [6.07, 6.45) is -0.216. The molecule has 0 aliphatic heterocycles. The third-order valence-corrected chi connectivity index (χ3v) is 1.26. The standard InChI is InChI=1S/C7H7NO4/c1-4-2-5(8-12-4)3-6(9)7(10)11/h2H,3H2,1H3,(H,10,11). The zero-order valence-electron chi connectivity index (χ0n) is 6.40. The summed E-state index contributed by atoms with van der Waals surface area (Å²) < 4.78 is 4.65. The Hall–Kier alpha value is -1.65. The molecular weight excluding hydrogens is 162 g/mol. The average Bonchev–Trinajstić information content (AvgIpc) is 2.35. The summed E-state index contributed by atoms with van der Waals surface area (Å²) in [5.74, 6) is -1.78. The molecule has 0 aliphatic rings. The highest BCUT2D eigenvalue weighted by Gasteiger charge is 2.14. The Bertz CT molecular complexity index is 315. The lowest BCUT2D eigenvalue weighted by molar-refractivity contribution is -0.148. The Labute approximate surface area is 68.0 Å². The minimum Gasteiger partial charge on any atom is -0.475 e.